The predicted octanol–water partition coefficient (Wildman–Crippen LogP) is 3.56. The van der Waals surface area contributed by atoms with E-state index in [0.717, 1.165) is 5.69 Å². The van der Waals surface area contributed by atoms with Gasteiger partial charge in [-0.15, -0.1) is 0 Å². The minimum atomic E-state index is -0.997. The smallest absolute Gasteiger partial charge is 0.355 e. The number of carbonyl (C=O) groups is 1. The molecule has 0 amide bonds. The molecule has 1 heterocycles. The van der Waals surface area contributed by atoms with Crippen molar-refractivity contribution in [3.63, 3.8) is 0 Å². The summed E-state index contributed by atoms with van der Waals surface area (Å²) in [6.07, 6.45) is -0.997. The lowest BCUT2D eigenvalue weighted by atomic mass is 10.1. The number of aliphatic hydroxyl groups excluding tert-OH is 1. The molecular formula is C25H22N2O4. The van der Waals surface area contributed by atoms with Crippen LogP contribution in [-0.4, -0.2) is 22.8 Å². The van der Waals surface area contributed by atoms with Gasteiger partial charge in [0.15, 0.2) is 5.43 Å². The Balaban J connectivity index is 1.91. The molecule has 4 aromatic rings. The van der Waals surface area contributed by atoms with E-state index in [1.54, 1.807) is 34.9 Å². The molecule has 31 heavy (non-hydrogen) atoms. The first-order chi connectivity index (χ1) is 15.1. The van der Waals surface area contributed by atoms with Crippen LogP contribution in [0.5, 0.6) is 0 Å². The third-order valence-electron chi connectivity index (χ3n) is 5.15. The second kappa shape index (κ2) is 8.95. The molecule has 0 aliphatic rings. The number of nitrogens with zero attached hydrogens (tertiary/aromatic N) is 1. The number of rotatable bonds is 6. The molecule has 1 aromatic heterocycles. The minimum absolute atomic E-state index is 0.0169. The molecule has 0 fully saturated rings. The lowest BCUT2D eigenvalue weighted by molar-refractivity contribution is 0.0588. The second-order valence-electron chi connectivity index (χ2n) is 7.03. The predicted molar refractivity (Wildman–Crippen MR) is 119 cm³/mol. The number of aliphatic hydroxyl groups is 1. The van der Waals surface area contributed by atoms with Crippen molar-refractivity contribution in [2.24, 2.45) is 0 Å². The van der Waals surface area contributed by atoms with Gasteiger partial charge in [0.05, 0.1) is 12.6 Å². The van der Waals surface area contributed by atoms with Crippen molar-refractivity contribution >= 4 is 16.9 Å². The molecule has 2 N–H and O–H groups in total. The summed E-state index contributed by atoms with van der Waals surface area (Å²) in [6, 6.07) is 25.5. The molecule has 6 nitrogen and oxygen atoms in total. The zero-order valence-corrected chi connectivity index (χ0v) is 17.0. The number of hydrogen-bond acceptors (Lipinski definition) is 5. The van der Waals surface area contributed by atoms with Crippen LogP contribution in [0.15, 0.2) is 89.7 Å². The molecule has 0 saturated carbocycles. The minimum Gasteiger partial charge on any atom is -0.464 e. The van der Waals surface area contributed by atoms with Gasteiger partial charge in [0.2, 0.25) is 0 Å². The maximum Gasteiger partial charge on any atom is 0.355 e. The third-order valence-corrected chi connectivity index (χ3v) is 5.15. The largest absolute Gasteiger partial charge is 0.464 e. The monoisotopic (exact) mass is 414 g/mol. The number of esters is 1. The van der Waals surface area contributed by atoms with Crippen molar-refractivity contribution in [1.29, 1.82) is 0 Å². The summed E-state index contributed by atoms with van der Waals surface area (Å²) in [5, 5.41) is 14.0. The van der Waals surface area contributed by atoms with Gasteiger partial charge in [-0.05, 0) is 29.8 Å². The van der Waals surface area contributed by atoms with Crippen LogP contribution in [0, 0.1) is 0 Å². The van der Waals surface area contributed by atoms with Crippen molar-refractivity contribution in [3.8, 4) is 5.69 Å². The summed E-state index contributed by atoms with van der Waals surface area (Å²) < 4.78 is 6.78. The van der Waals surface area contributed by atoms with Crippen molar-refractivity contribution in [1.82, 2.24) is 9.88 Å². The highest BCUT2D eigenvalue weighted by Crippen LogP contribution is 2.23. The number of para-hydroxylation sites is 2. The maximum atomic E-state index is 13.4. The van der Waals surface area contributed by atoms with Gasteiger partial charge in [0.1, 0.15) is 11.9 Å². The Kier molecular flexibility index (Phi) is 5.93. The van der Waals surface area contributed by atoms with Crippen LogP contribution in [0.2, 0.25) is 0 Å². The average molecular weight is 414 g/mol. The zero-order valence-electron chi connectivity index (χ0n) is 17.0. The molecule has 0 radical (unpaired) electrons. The fourth-order valence-corrected chi connectivity index (χ4v) is 3.66. The number of benzene rings is 3. The molecule has 6 heteroatoms. The molecule has 156 valence electrons. The first-order valence-electron chi connectivity index (χ1n) is 9.88. The number of ether oxygens (including phenoxy) is 1. The first-order valence-corrected chi connectivity index (χ1v) is 9.88. The third kappa shape index (κ3) is 3.99. The van der Waals surface area contributed by atoms with Crippen LogP contribution in [0.3, 0.4) is 0 Å². The molecule has 0 aliphatic heterocycles. The van der Waals surface area contributed by atoms with Gasteiger partial charge in [-0.2, -0.15) is 0 Å². The van der Waals surface area contributed by atoms with Crippen molar-refractivity contribution in [2.45, 2.75) is 12.8 Å². The number of carbonyl (C=O) groups excluding carboxylic acids is 1. The van der Waals surface area contributed by atoms with E-state index in [1.165, 1.54) is 7.11 Å². The Morgan fingerprint density at radius 2 is 1.58 bits per heavy atom. The van der Waals surface area contributed by atoms with E-state index in [0.29, 0.717) is 16.5 Å². The number of aromatic nitrogens is 1. The zero-order chi connectivity index (χ0) is 21.8. The van der Waals surface area contributed by atoms with Crippen LogP contribution in [0.4, 0.5) is 0 Å². The number of pyridine rings is 1. The van der Waals surface area contributed by atoms with Gasteiger partial charge in [0.25, 0.3) is 0 Å². The molecule has 1 unspecified atom stereocenters. The summed E-state index contributed by atoms with van der Waals surface area (Å²) in [7, 11) is 1.29. The standard InChI is InChI=1S/C25H22N2O4/c1-31-25(30)22-20(16-26-24(29)17-10-4-2-5-11-17)23(28)19-14-8-9-15-21(19)27(22)18-12-6-3-7-13-18/h2-15,24,26,29H,16H2,1H3. The fourth-order valence-electron chi connectivity index (χ4n) is 3.66. The van der Waals surface area contributed by atoms with E-state index in [9.17, 15) is 14.7 Å². The van der Waals surface area contributed by atoms with Crippen molar-refractivity contribution < 1.29 is 14.6 Å². The molecular weight excluding hydrogens is 392 g/mol. The Bertz CT molecular complexity index is 1270. The second-order valence-corrected chi connectivity index (χ2v) is 7.03. The Hall–Kier alpha value is -3.74. The van der Waals surface area contributed by atoms with Crippen LogP contribution < -0.4 is 10.7 Å². The number of methoxy groups -OCH3 is 1. The number of hydrogen-bond donors (Lipinski definition) is 2. The van der Waals surface area contributed by atoms with Crippen LogP contribution in [0.1, 0.15) is 27.8 Å². The van der Waals surface area contributed by atoms with Gasteiger partial charge < -0.3 is 14.4 Å². The van der Waals surface area contributed by atoms with Gasteiger partial charge in [-0.1, -0.05) is 60.7 Å². The van der Waals surface area contributed by atoms with E-state index in [1.807, 2.05) is 54.6 Å². The highest BCUT2D eigenvalue weighted by atomic mass is 16.5. The van der Waals surface area contributed by atoms with E-state index in [2.05, 4.69) is 5.32 Å². The molecule has 0 bridgehead atoms. The van der Waals surface area contributed by atoms with E-state index in [-0.39, 0.29) is 23.2 Å². The van der Waals surface area contributed by atoms with Crippen molar-refractivity contribution in [3.05, 3.63) is 112 Å². The summed E-state index contributed by atoms with van der Waals surface area (Å²) in [6.45, 7) is -0.0169. The number of fused-ring (bicyclic) bond motifs is 1. The topological polar surface area (TPSA) is 80.6 Å². The van der Waals surface area contributed by atoms with Crippen molar-refractivity contribution in [2.75, 3.05) is 7.11 Å². The van der Waals surface area contributed by atoms with E-state index in [4.69, 9.17) is 4.74 Å². The molecule has 0 spiro atoms. The van der Waals surface area contributed by atoms with Crippen LogP contribution in [0.25, 0.3) is 16.6 Å². The van der Waals surface area contributed by atoms with Gasteiger partial charge in [-0.3, -0.25) is 10.1 Å². The number of nitrogens with one attached hydrogen (secondary N) is 1. The Morgan fingerprint density at radius 1 is 0.968 bits per heavy atom. The van der Waals surface area contributed by atoms with Gasteiger partial charge in [-0.25, -0.2) is 4.79 Å². The SMILES string of the molecule is COC(=O)c1c(CNC(O)c2ccccc2)c(=O)c2ccccc2n1-c1ccccc1. The molecule has 0 aliphatic carbocycles. The molecule has 4 rings (SSSR count). The van der Waals surface area contributed by atoms with E-state index >= 15 is 0 Å². The highest BCUT2D eigenvalue weighted by Gasteiger charge is 2.24. The van der Waals surface area contributed by atoms with Crippen LogP contribution in [-0.2, 0) is 11.3 Å². The Labute approximate surface area is 179 Å². The Morgan fingerprint density at radius 3 is 2.26 bits per heavy atom. The summed E-state index contributed by atoms with van der Waals surface area (Å²) in [5.41, 5.74) is 2.06. The highest BCUT2D eigenvalue weighted by molar-refractivity contribution is 5.95. The maximum absolute atomic E-state index is 13.4. The molecule has 0 saturated heterocycles. The van der Waals surface area contributed by atoms with Crippen LogP contribution >= 0.6 is 0 Å². The molecule has 1 atom stereocenters. The lowest BCUT2D eigenvalue weighted by Crippen LogP contribution is -2.30. The van der Waals surface area contributed by atoms with Gasteiger partial charge >= 0.3 is 5.97 Å². The lowest BCUT2D eigenvalue weighted by Gasteiger charge is -2.20. The summed E-state index contributed by atoms with van der Waals surface area (Å²) >= 11 is 0. The van der Waals surface area contributed by atoms with Gasteiger partial charge in [0, 0.05) is 23.2 Å². The summed E-state index contributed by atoms with van der Waals surface area (Å²) in [5.74, 6) is -0.627. The van der Waals surface area contributed by atoms with E-state index < -0.39 is 12.2 Å². The quantitative estimate of drug-likeness (QED) is 0.373. The summed E-state index contributed by atoms with van der Waals surface area (Å²) in [4.78, 5) is 26.2. The fraction of sp³-hybridized carbons (Fsp3) is 0.120. The average Bonchev–Trinajstić information content (AvgIpc) is 2.83. The normalized spacial score (nSPS) is 11.9. The molecule has 3 aromatic carbocycles. The first kappa shape index (κ1) is 20.5.